The first-order valence-corrected chi connectivity index (χ1v) is 7.60. The summed E-state index contributed by atoms with van der Waals surface area (Å²) in [5.74, 6) is 2.78. The highest BCUT2D eigenvalue weighted by atomic mass is 15.2. The highest BCUT2D eigenvalue weighted by Crippen LogP contribution is 2.37. The second-order valence-corrected chi connectivity index (χ2v) is 6.31. The number of hydrogen-bond donors (Lipinski definition) is 0. The van der Waals surface area contributed by atoms with Crippen molar-refractivity contribution in [2.45, 2.75) is 38.5 Å². The van der Waals surface area contributed by atoms with Gasteiger partial charge in [-0.05, 0) is 49.1 Å². The van der Waals surface area contributed by atoms with Crippen molar-refractivity contribution < 1.29 is 0 Å². The monoisotopic (exact) mass is 243 g/mol. The van der Waals surface area contributed by atoms with Crippen LogP contribution in [0.1, 0.15) is 44.1 Å². The predicted molar refractivity (Wildman–Crippen MR) is 76.7 cm³/mol. The smallest absolute Gasteiger partial charge is 0.00129 e. The zero-order chi connectivity index (χ0) is 12.4. The van der Waals surface area contributed by atoms with Crippen LogP contribution in [0.4, 0.5) is 0 Å². The summed E-state index contributed by atoms with van der Waals surface area (Å²) < 4.78 is 0. The molecule has 0 radical (unpaired) electrons. The third-order valence-electron chi connectivity index (χ3n) is 5.05. The summed E-state index contributed by atoms with van der Waals surface area (Å²) in [5, 5.41) is 0. The first-order chi connectivity index (χ1) is 8.83. The van der Waals surface area contributed by atoms with Gasteiger partial charge in [-0.15, -0.1) is 0 Å². The van der Waals surface area contributed by atoms with E-state index in [1.165, 1.54) is 50.9 Å². The highest BCUT2D eigenvalue weighted by molar-refractivity contribution is 5.18. The molecule has 1 saturated heterocycles. The molecule has 2 fully saturated rings. The van der Waals surface area contributed by atoms with Gasteiger partial charge in [-0.2, -0.15) is 0 Å². The number of fused-ring (bicyclic) bond motifs is 1. The Bertz CT molecular complexity index is 360. The first kappa shape index (κ1) is 12.2. The van der Waals surface area contributed by atoms with Crippen LogP contribution in [0.15, 0.2) is 30.3 Å². The van der Waals surface area contributed by atoms with E-state index in [2.05, 4.69) is 42.2 Å². The Labute approximate surface area is 111 Å². The summed E-state index contributed by atoms with van der Waals surface area (Å²) >= 11 is 0. The summed E-state index contributed by atoms with van der Waals surface area (Å²) in [6, 6.07) is 11.0. The Kier molecular flexibility index (Phi) is 3.69. The Hall–Kier alpha value is -0.820. The molecule has 0 aromatic heterocycles. The van der Waals surface area contributed by atoms with Gasteiger partial charge in [-0.1, -0.05) is 43.7 Å². The van der Waals surface area contributed by atoms with Gasteiger partial charge in [0, 0.05) is 13.1 Å². The standard InChI is InChI=1S/C17H25N/c1-14(15-6-3-2-4-7-15)10-11-18-12-16-8-5-9-17(16)13-18/h2-4,6-7,14,16-17H,5,8-13H2,1H3. The van der Waals surface area contributed by atoms with E-state index in [-0.39, 0.29) is 0 Å². The van der Waals surface area contributed by atoms with Gasteiger partial charge < -0.3 is 4.90 Å². The Morgan fingerprint density at radius 2 is 1.78 bits per heavy atom. The maximum absolute atomic E-state index is 2.72. The summed E-state index contributed by atoms with van der Waals surface area (Å²) in [6.45, 7) is 6.42. The highest BCUT2D eigenvalue weighted by Gasteiger charge is 2.35. The lowest BCUT2D eigenvalue weighted by Gasteiger charge is -2.19. The van der Waals surface area contributed by atoms with Crippen molar-refractivity contribution in [1.29, 1.82) is 0 Å². The van der Waals surface area contributed by atoms with E-state index >= 15 is 0 Å². The van der Waals surface area contributed by atoms with Gasteiger partial charge in [0.2, 0.25) is 0 Å². The van der Waals surface area contributed by atoms with E-state index in [0.29, 0.717) is 5.92 Å². The summed E-state index contributed by atoms with van der Waals surface area (Å²) in [4.78, 5) is 2.72. The zero-order valence-electron chi connectivity index (χ0n) is 11.5. The normalized spacial score (nSPS) is 29.4. The summed E-state index contributed by atoms with van der Waals surface area (Å²) in [7, 11) is 0. The maximum Gasteiger partial charge on any atom is 0.00129 e. The fourth-order valence-corrected chi connectivity index (χ4v) is 3.84. The quantitative estimate of drug-likeness (QED) is 0.775. The van der Waals surface area contributed by atoms with Gasteiger partial charge in [0.25, 0.3) is 0 Å². The second-order valence-electron chi connectivity index (χ2n) is 6.31. The van der Waals surface area contributed by atoms with E-state index in [0.717, 1.165) is 11.8 Å². The second kappa shape index (κ2) is 5.44. The molecule has 3 rings (SSSR count). The van der Waals surface area contributed by atoms with E-state index in [4.69, 9.17) is 0 Å². The van der Waals surface area contributed by atoms with Gasteiger partial charge >= 0.3 is 0 Å². The van der Waals surface area contributed by atoms with Crippen LogP contribution in [-0.4, -0.2) is 24.5 Å². The zero-order valence-corrected chi connectivity index (χ0v) is 11.5. The molecule has 1 aromatic carbocycles. The first-order valence-electron chi connectivity index (χ1n) is 7.60. The summed E-state index contributed by atoms with van der Waals surface area (Å²) in [5.41, 5.74) is 1.50. The molecule has 0 spiro atoms. The molecule has 3 unspecified atom stereocenters. The summed E-state index contributed by atoms with van der Waals surface area (Å²) in [6.07, 6.45) is 5.79. The molecule has 3 atom stereocenters. The molecule has 1 aromatic rings. The molecule has 1 saturated carbocycles. The third-order valence-corrected chi connectivity index (χ3v) is 5.05. The third kappa shape index (κ3) is 2.61. The average molecular weight is 243 g/mol. The fourth-order valence-electron chi connectivity index (χ4n) is 3.84. The van der Waals surface area contributed by atoms with E-state index < -0.39 is 0 Å². The van der Waals surface area contributed by atoms with Crippen LogP contribution >= 0.6 is 0 Å². The molecular weight excluding hydrogens is 218 g/mol. The van der Waals surface area contributed by atoms with Crippen molar-refractivity contribution in [2.24, 2.45) is 11.8 Å². The Morgan fingerprint density at radius 1 is 1.11 bits per heavy atom. The van der Waals surface area contributed by atoms with E-state index in [9.17, 15) is 0 Å². The van der Waals surface area contributed by atoms with Crippen molar-refractivity contribution in [3.63, 3.8) is 0 Å². The molecule has 1 aliphatic carbocycles. The number of hydrogen-bond acceptors (Lipinski definition) is 1. The lowest BCUT2D eigenvalue weighted by Crippen LogP contribution is -2.24. The molecule has 98 valence electrons. The molecule has 0 N–H and O–H groups in total. The Morgan fingerprint density at radius 3 is 2.44 bits per heavy atom. The van der Waals surface area contributed by atoms with Gasteiger partial charge in [0.15, 0.2) is 0 Å². The number of likely N-dealkylation sites (tertiary alicyclic amines) is 1. The van der Waals surface area contributed by atoms with Crippen LogP contribution in [0.25, 0.3) is 0 Å². The van der Waals surface area contributed by atoms with Crippen LogP contribution in [0.5, 0.6) is 0 Å². The average Bonchev–Trinajstić information content (AvgIpc) is 2.97. The molecule has 1 heteroatoms. The van der Waals surface area contributed by atoms with Gasteiger partial charge in [-0.25, -0.2) is 0 Å². The van der Waals surface area contributed by atoms with Crippen molar-refractivity contribution in [3.8, 4) is 0 Å². The number of nitrogens with zero attached hydrogens (tertiary/aromatic N) is 1. The minimum atomic E-state index is 0.701. The van der Waals surface area contributed by atoms with Crippen LogP contribution in [0.2, 0.25) is 0 Å². The van der Waals surface area contributed by atoms with E-state index in [1.807, 2.05) is 0 Å². The number of rotatable bonds is 4. The van der Waals surface area contributed by atoms with Crippen LogP contribution in [0, 0.1) is 11.8 Å². The fraction of sp³-hybridized carbons (Fsp3) is 0.647. The van der Waals surface area contributed by atoms with Crippen LogP contribution in [0.3, 0.4) is 0 Å². The minimum absolute atomic E-state index is 0.701. The Balaban J connectivity index is 1.47. The van der Waals surface area contributed by atoms with Crippen molar-refractivity contribution in [2.75, 3.05) is 19.6 Å². The van der Waals surface area contributed by atoms with Crippen molar-refractivity contribution >= 4 is 0 Å². The largest absolute Gasteiger partial charge is 0.303 e. The molecule has 18 heavy (non-hydrogen) atoms. The van der Waals surface area contributed by atoms with Crippen molar-refractivity contribution in [3.05, 3.63) is 35.9 Å². The minimum Gasteiger partial charge on any atom is -0.303 e. The van der Waals surface area contributed by atoms with Gasteiger partial charge in [0.1, 0.15) is 0 Å². The molecular formula is C17H25N. The molecule has 2 aliphatic rings. The molecule has 1 nitrogen and oxygen atoms in total. The number of benzene rings is 1. The van der Waals surface area contributed by atoms with Crippen LogP contribution in [-0.2, 0) is 0 Å². The van der Waals surface area contributed by atoms with Crippen molar-refractivity contribution in [1.82, 2.24) is 4.90 Å². The molecule has 1 aliphatic heterocycles. The van der Waals surface area contributed by atoms with Gasteiger partial charge in [-0.3, -0.25) is 0 Å². The maximum atomic E-state index is 2.72. The SMILES string of the molecule is CC(CCN1CC2CCCC2C1)c1ccccc1. The lowest BCUT2D eigenvalue weighted by atomic mass is 9.98. The lowest BCUT2D eigenvalue weighted by molar-refractivity contribution is 0.299. The van der Waals surface area contributed by atoms with E-state index in [1.54, 1.807) is 0 Å². The molecule has 0 amide bonds. The van der Waals surface area contributed by atoms with Crippen LogP contribution < -0.4 is 0 Å². The topological polar surface area (TPSA) is 3.24 Å². The van der Waals surface area contributed by atoms with Gasteiger partial charge in [0.05, 0.1) is 0 Å². The molecule has 0 bridgehead atoms. The molecule has 1 heterocycles. The predicted octanol–water partition coefficient (Wildman–Crippen LogP) is 3.91.